The minimum atomic E-state index is 0.413. The van der Waals surface area contributed by atoms with Gasteiger partial charge in [0.2, 0.25) is 5.95 Å². The second kappa shape index (κ2) is 7.35. The van der Waals surface area contributed by atoms with Gasteiger partial charge in [0, 0.05) is 12.1 Å². The Morgan fingerprint density at radius 3 is 2.74 bits per heavy atom. The Balaban J connectivity index is 1.66. The molecular formula is C16H14Cl2N4O. The molecule has 0 amide bonds. The van der Waals surface area contributed by atoms with Crippen LogP contribution in [-0.2, 0) is 13.2 Å². The highest BCUT2D eigenvalue weighted by atomic mass is 35.5. The predicted molar refractivity (Wildman–Crippen MR) is 90.9 cm³/mol. The quantitative estimate of drug-likeness (QED) is 0.696. The Morgan fingerprint density at radius 2 is 1.96 bits per heavy atom. The van der Waals surface area contributed by atoms with Crippen LogP contribution in [0.2, 0.25) is 10.0 Å². The lowest BCUT2D eigenvalue weighted by molar-refractivity contribution is 0.303. The summed E-state index contributed by atoms with van der Waals surface area (Å²) >= 11 is 11.9. The summed E-state index contributed by atoms with van der Waals surface area (Å²) in [7, 11) is 0. The average molecular weight is 349 g/mol. The second-order valence-electron chi connectivity index (χ2n) is 4.83. The maximum Gasteiger partial charge on any atom is 0.218 e. The van der Waals surface area contributed by atoms with Crippen LogP contribution in [0.5, 0.6) is 5.75 Å². The summed E-state index contributed by atoms with van der Waals surface area (Å²) in [5.41, 5.74) is 1.97. The van der Waals surface area contributed by atoms with Crippen LogP contribution in [-0.4, -0.2) is 15.2 Å². The second-order valence-corrected chi connectivity index (χ2v) is 5.65. The summed E-state index contributed by atoms with van der Waals surface area (Å²) < 4.78 is 5.90. The van der Waals surface area contributed by atoms with Crippen molar-refractivity contribution in [3.63, 3.8) is 0 Å². The van der Waals surface area contributed by atoms with Crippen LogP contribution in [0, 0.1) is 0 Å². The molecule has 2 aromatic carbocycles. The summed E-state index contributed by atoms with van der Waals surface area (Å²) in [6, 6.07) is 13.3. The molecular weight excluding hydrogens is 335 g/mol. The highest BCUT2D eigenvalue weighted by molar-refractivity contribution is 6.42. The number of aromatic amines is 1. The molecule has 1 heterocycles. The molecule has 0 radical (unpaired) electrons. The van der Waals surface area contributed by atoms with Crippen molar-refractivity contribution >= 4 is 29.2 Å². The van der Waals surface area contributed by atoms with Crippen LogP contribution >= 0.6 is 23.2 Å². The third-order valence-electron chi connectivity index (χ3n) is 3.21. The van der Waals surface area contributed by atoms with E-state index in [0.29, 0.717) is 29.1 Å². The van der Waals surface area contributed by atoms with Gasteiger partial charge in [0.15, 0.2) is 0 Å². The zero-order chi connectivity index (χ0) is 16.1. The number of para-hydroxylation sites is 1. The van der Waals surface area contributed by atoms with Crippen LogP contribution in [0.15, 0.2) is 48.8 Å². The van der Waals surface area contributed by atoms with Gasteiger partial charge in [-0.25, -0.2) is 10.1 Å². The highest BCUT2D eigenvalue weighted by Gasteiger charge is 2.05. The maximum atomic E-state index is 6.02. The van der Waals surface area contributed by atoms with E-state index in [1.54, 1.807) is 12.1 Å². The number of hydrogen-bond donors (Lipinski definition) is 2. The van der Waals surface area contributed by atoms with Crippen molar-refractivity contribution in [2.45, 2.75) is 13.2 Å². The van der Waals surface area contributed by atoms with Crippen LogP contribution in [0.25, 0.3) is 0 Å². The fraction of sp³-hybridized carbons (Fsp3) is 0.125. The largest absolute Gasteiger partial charge is 0.489 e. The molecule has 0 aliphatic heterocycles. The normalized spacial score (nSPS) is 10.5. The van der Waals surface area contributed by atoms with E-state index in [9.17, 15) is 0 Å². The molecule has 7 heteroatoms. The van der Waals surface area contributed by atoms with Crippen LogP contribution in [0.1, 0.15) is 11.1 Å². The molecule has 23 heavy (non-hydrogen) atoms. The smallest absolute Gasteiger partial charge is 0.218 e. The van der Waals surface area contributed by atoms with Crippen molar-refractivity contribution in [1.82, 2.24) is 15.2 Å². The number of halogens is 2. The van der Waals surface area contributed by atoms with Gasteiger partial charge in [-0.2, -0.15) is 5.10 Å². The molecule has 3 rings (SSSR count). The van der Waals surface area contributed by atoms with E-state index < -0.39 is 0 Å². The molecule has 0 unspecified atom stereocenters. The van der Waals surface area contributed by atoms with Gasteiger partial charge in [0.1, 0.15) is 18.7 Å². The molecule has 0 atom stereocenters. The minimum Gasteiger partial charge on any atom is -0.489 e. The Kier molecular flexibility index (Phi) is 5.00. The molecule has 3 aromatic rings. The van der Waals surface area contributed by atoms with E-state index in [1.807, 2.05) is 30.3 Å². The summed E-state index contributed by atoms with van der Waals surface area (Å²) in [6.45, 7) is 0.989. The number of aromatic nitrogens is 3. The molecule has 0 aliphatic rings. The predicted octanol–water partition coefficient (Wildman–Crippen LogP) is 4.30. The first-order valence-corrected chi connectivity index (χ1v) is 7.72. The van der Waals surface area contributed by atoms with Crippen molar-refractivity contribution in [2.24, 2.45) is 0 Å². The van der Waals surface area contributed by atoms with Crippen molar-refractivity contribution in [3.05, 3.63) is 70.0 Å². The SMILES string of the molecule is Clc1ccc(COc2ccccc2CNc2ncn[nH]2)cc1Cl. The number of nitrogens with one attached hydrogen (secondary N) is 2. The summed E-state index contributed by atoms with van der Waals surface area (Å²) in [5, 5.41) is 10.8. The molecule has 0 saturated carbocycles. The maximum absolute atomic E-state index is 6.02. The standard InChI is InChI=1S/C16H14Cl2N4O/c17-13-6-5-11(7-14(13)18)9-23-15-4-2-1-3-12(15)8-19-16-20-10-21-22-16/h1-7,10H,8-9H2,(H2,19,20,21,22). The Hall–Kier alpha value is -2.24. The summed E-state index contributed by atoms with van der Waals surface area (Å²) in [4.78, 5) is 4.03. The van der Waals surface area contributed by atoms with E-state index in [0.717, 1.165) is 16.9 Å². The van der Waals surface area contributed by atoms with Gasteiger partial charge in [-0.05, 0) is 23.8 Å². The van der Waals surface area contributed by atoms with Crippen LogP contribution in [0.3, 0.4) is 0 Å². The Morgan fingerprint density at radius 1 is 1.09 bits per heavy atom. The number of ether oxygens (including phenoxy) is 1. The van der Waals surface area contributed by atoms with Gasteiger partial charge in [-0.15, -0.1) is 0 Å². The molecule has 0 bridgehead atoms. The van der Waals surface area contributed by atoms with E-state index in [-0.39, 0.29) is 0 Å². The number of hydrogen-bond acceptors (Lipinski definition) is 4. The third-order valence-corrected chi connectivity index (χ3v) is 3.95. The van der Waals surface area contributed by atoms with Gasteiger partial charge in [-0.3, -0.25) is 0 Å². The summed E-state index contributed by atoms with van der Waals surface area (Å²) in [5.74, 6) is 1.41. The first-order valence-electron chi connectivity index (χ1n) is 6.96. The van der Waals surface area contributed by atoms with Crippen molar-refractivity contribution < 1.29 is 4.74 Å². The first kappa shape index (κ1) is 15.6. The van der Waals surface area contributed by atoms with Crippen LogP contribution < -0.4 is 10.1 Å². The minimum absolute atomic E-state index is 0.413. The van der Waals surface area contributed by atoms with Crippen molar-refractivity contribution in [1.29, 1.82) is 0 Å². The van der Waals surface area contributed by atoms with E-state index in [2.05, 4.69) is 20.5 Å². The number of rotatable bonds is 6. The number of anilines is 1. The van der Waals surface area contributed by atoms with Crippen molar-refractivity contribution in [2.75, 3.05) is 5.32 Å². The zero-order valence-corrected chi connectivity index (χ0v) is 13.6. The Labute approximate surface area is 143 Å². The molecule has 5 nitrogen and oxygen atoms in total. The fourth-order valence-electron chi connectivity index (χ4n) is 2.05. The van der Waals surface area contributed by atoms with Gasteiger partial charge in [0.25, 0.3) is 0 Å². The molecule has 0 saturated heterocycles. The first-order chi connectivity index (χ1) is 11.2. The molecule has 1 aromatic heterocycles. The fourth-order valence-corrected chi connectivity index (χ4v) is 2.37. The Bertz CT molecular complexity index is 778. The molecule has 0 spiro atoms. The highest BCUT2D eigenvalue weighted by Crippen LogP contribution is 2.24. The molecule has 0 fully saturated rings. The number of H-pyrrole nitrogens is 1. The van der Waals surface area contributed by atoms with Gasteiger partial charge >= 0.3 is 0 Å². The molecule has 2 N–H and O–H groups in total. The van der Waals surface area contributed by atoms with Gasteiger partial charge in [-0.1, -0.05) is 47.5 Å². The third kappa shape index (κ3) is 4.15. The lowest BCUT2D eigenvalue weighted by Crippen LogP contribution is -2.04. The summed E-state index contributed by atoms with van der Waals surface area (Å²) in [6.07, 6.45) is 1.45. The molecule has 0 aliphatic carbocycles. The van der Waals surface area contributed by atoms with E-state index in [4.69, 9.17) is 27.9 Å². The van der Waals surface area contributed by atoms with Gasteiger partial charge in [0.05, 0.1) is 10.0 Å². The van der Waals surface area contributed by atoms with E-state index >= 15 is 0 Å². The van der Waals surface area contributed by atoms with E-state index in [1.165, 1.54) is 6.33 Å². The monoisotopic (exact) mass is 348 g/mol. The van der Waals surface area contributed by atoms with Crippen LogP contribution in [0.4, 0.5) is 5.95 Å². The lowest BCUT2D eigenvalue weighted by Gasteiger charge is -2.12. The zero-order valence-electron chi connectivity index (χ0n) is 12.1. The number of nitrogens with zero attached hydrogens (tertiary/aromatic N) is 2. The van der Waals surface area contributed by atoms with Crippen molar-refractivity contribution in [3.8, 4) is 5.75 Å². The lowest BCUT2D eigenvalue weighted by atomic mass is 10.2. The topological polar surface area (TPSA) is 62.8 Å². The van der Waals surface area contributed by atoms with Gasteiger partial charge < -0.3 is 10.1 Å². The number of benzene rings is 2. The molecule has 118 valence electrons. The average Bonchev–Trinajstić information content (AvgIpc) is 3.08.